The first-order valence-corrected chi connectivity index (χ1v) is 11.0. The summed E-state index contributed by atoms with van der Waals surface area (Å²) in [6, 6.07) is 18.2. The molecule has 0 aromatic heterocycles. The van der Waals surface area contributed by atoms with E-state index >= 15 is 0 Å². The Hall–Kier alpha value is -4.00. The Morgan fingerprint density at radius 1 is 1.03 bits per heavy atom. The second kappa shape index (κ2) is 7.52. The molecule has 0 saturated heterocycles. The minimum Gasteiger partial charge on any atom is -0.490 e. The number of hydrogen-bond acceptors (Lipinski definition) is 6. The lowest BCUT2D eigenvalue weighted by Crippen LogP contribution is -2.58. The Balaban J connectivity index is 1.70. The van der Waals surface area contributed by atoms with Gasteiger partial charge in [0.1, 0.15) is 5.75 Å². The first-order chi connectivity index (χ1) is 16.3. The number of fused-ring (bicyclic) bond motifs is 2. The van der Waals surface area contributed by atoms with E-state index in [0.717, 1.165) is 22.4 Å². The van der Waals surface area contributed by atoms with E-state index in [0.29, 0.717) is 11.3 Å². The molecule has 0 saturated carbocycles. The van der Waals surface area contributed by atoms with Gasteiger partial charge in [-0.1, -0.05) is 48.5 Å². The maximum absolute atomic E-state index is 11.7. The fourth-order valence-electron chi connectivity index (χ4n) is 5.35. The third kappa shape index (κ3) is 2.76. The van der Waals surface area contributed by atoms with Crippen molar-refractivity contribution in [2.24, 2.45) is 0 Å². The smallest absolute Gasteiger partial charge is 0.353 e. The summed E-state index contributed by atoms with van der Waals surface area (Å²) in [5, 5.41) is 11.7. The highest BCUT2D eigenvalue weighted by molar-refractivity contribution is 5.87. The zero-order valence-corrected chi connectivity index (χ0v) is 19.8. The first-order valence-electron chi connectivity index (χ1n) is 11.0. The van der Waals surface area contributed by atoms with Gasteiger partial charge < -0.3 is 19.1 Å². The van der Waals surface area contributed by atoms with E-state index in [1.807, 2.05) is 37.4 Å². The Labute approximate surface area is 198 Å². The van der Waals surface area contributed by atoms with Crippen molar-refractivity contribution in [1.82, 2.24) is 0 Å². The third-order valence-electron chi connectivity index (χ3n) is 7.09. The standard InChI is InChI=1S/C27H26N2O5/c1-26(2)20-13-9-12-18(17-10-7-6-8-11-17)23(20)28(3)27(26)15-14-19-21(34-27)16-22(32-4)24(29(30)31)25(19)33-5/h6-16H,1-5H3. The minimum atomic E-state index is -0.862. The molecule has 1 spiro atoms. The molecule has 2 aliphatic rings. The molecule has 0 amide bonds. The molecule has 7 heteroatoms. The van der Waals surface area contributed by atoms with E-state index in [1.165, 1.54) is 14.2 Å². The van der Waals surface area contributed by atoms with Crippen molar-refractivity contribution >= 4 is 17.5 Å². The molecule has 174 valence electrons. The number of rotatable bonds is 4. The van der Waals surface area contributed by atoms with Crippen LogP contribution in [0.2, 0.25) is 0 Å². The number of nitro groups is 1. The quantitative estimate of drug-likeness (QED) is 0.363. The van der Waals surface area contributed by atoms with Gasteiger partial charge in [0.05, 0.1) is 35.8 Å². The summed E-state index contributed by atoms with van der Waals surface area (Å²) >= 11 is 0. The molecule has 0 bridgehead atoms. The van der Waals surface area contributed by atoms with Crippen molar-refractivity contribution in [3.8, 4) is 28.4 Å². The van der Waals surface area contributed by atoms with Crippen LogP contribution in [0.3, 0.4) is 0 Å². The summed E-state index contributed by atoms with van der Waals surface area (Å²) in [6.45, 7) is 4.30. The maximum Gasteiger partial charge on any atom is 0.353 e. The summed E-state index contributed by atoms with van der Waals surface area (Å²) in [5.41, 5.74) is 3.48. The van der Waals surface area contributed by atoms with Crippen LogP contribution in [-0.4, -0.2) is 31.9 Å². The number of benzene rings is 3. The van der Waals surface area contributed by atoms with Crippen molar-refractivity contribution in [1.29, 1.82) is 0 Å². The van der Waals surface area contributed by atoms with Gasteiger partial charge in [0.25, 0.3) is 0 Å². The van der Waals surface area contributed by atoms with Crippen LogP contribution in [0, 0.1) is 10.1 Å². The molecule has 7 nitrogen and oxygen atoms in total. The molecular weight excluding hydrogens is 432 g/mol. The van der Waals surface area contributed by atoms with Gasteiger partial charge in [-0.05, 0) is 37.1 Å². The fraction of sp³-hybridized carbons (Fsp3) is 0.259. The number of hydrogen-bond donors (Lipinski definition) is 0. The normalized spacial score (nSPS) is 19.4. The van der Waals surface area contributed by atoms with Gasteiger partial charge >= 0.3 is 5.69 Å². The molecule has 0 aliphatic carbocycles. The molecule has 3 aromatic carbocycles. The lowest BCUT2D eigenvalue weighted by atomic mass is 9.76. The Morgan fingerprint density at radius 3 is 2.41 bits per heavy atom. The van der Waals surface area contributed by atoms with E-state index in [9.17, 15) is 10.1 Å². The Morgan fingerprint density at radius 2 is 1.76 bits per heavy atom. The lowest BCUT2D eigenvalue weighted by molar-refractivity contribution is -0.386. The number of methoxy groups -OCH3 is 2. The van der Waals surface area contributed by atoms with Gasteiger partial charge in [0.15, 0.2) is 0 Å². The van der Waals surface area contributed by atoms with Gasteiger partial charge in [0.2, 0.25) is 17.2 Å². The molecule has 2 aliphatic heterocycles. The summed E-state index contributed by atoms with van der Waals surface area (Å²) in [4.78, 5) is 13.4. The van der Waals surface area contributed by atoms with E-state index < -0.39 is 16.1 Å². The van der Waals surface area contributed by atoms with Crippen molar-refractivity contribution in [3.05, 3.63) is 81.9 Å². The SMILES string of the molecule is COc1cc2c(c(OC)c1[N+](=O)[O-])C=CC1(O2)N(C)c2c(-c3ccccc3)cccc2C1(C)C. The van der Waals surface area contributed by atoms with E-state index in [4.69, 9.17) is 14.2 Å². The molecule has 1 unspecified atom stereocenters. The largest absolute Gasteiger partial charge is 0.490 e. The topological polar surface area (TPSA) is 74.1 Å². The van der Waals surface area contributed by atoms with Crippen LogP contribution >= 0.6 is 0 Å². The van der Waals surface area contributed by atoms with Crippen molar-refractivity contribution in [3.63, 3.8) is 0 Å². The molecular formula is C27H26N2O5. The predicted octanol–water partition coefficient (Wildman–Crippen LogP) is 5.81. The highest BCUT2D eigenvalue weighted by Gasteiger charge is 2.58. The number of ether oxygens (including phenoxy) is 3. The summed E-state index contributed by atoms with van der Waals surface area (Å²) < 4.78 is 17.6. The van der Waals surface area contributed by atoms with Crippen LogP contribution in [-0.2, 0) is 5.41 Å². The summed E-state index contributed by atoms with van der Waals surface area (Å²) in [5.74, 6) is 0.675. The molecule has 5 rings (SSSR count). The second-order valence-corrected chi connectivity index (χ2v) is 9.01. The number of para-hydroxylation sites is 1. The van der Waals surface area contributed by atoms with Gasteiger partial charge in [-0.15, -0.1) is 0 Å². The van der Waals surface area contributed by atoms with Crippen molar-refractivity contribution in [2.45, 2.75) is 25.0 Å². The van der Waals surface area contributed by atoms with Crippen LogP contribution in [0.25, 0.3) is 17.2 Å². The predicted molar refractivity (Wildman–Crippen MR) is 132 cm³/mol. The lowest BCUT2D eigenvalue weighted by Gasteiger charge is -2.46. The number of nitro benzene ring substituents is 1. The van der Waals surface area contributed by atoms with Gasteiger partial charge in [-0.3, -0.25) is 10.1 Å². The Kier molecular flexibility index (Phi) is 4.82. The number of anilines is 1. The van der Waals surface area contributed by atoms with E-state index in [-0.39, 0.29) is 17.2 Å². The molecule has 2 heterocycles. The average molecular weight is 459 g/mol. The van der Waals surface area contributed by atoms with Crippen LogP contribution in [0.15, 0.2) is 60.7 Å². The molecule has 0 fully saturated rings. The first kappa shape index (κ1) is 21.8. The van der Waals surface area contributed by atoms with Gasteiger partial charge in [0, 0.05) is 18.7 Å². The van der Waals surface area contributed by atoms with Gasteiger partial charge in [-0.2, -0.15) is 0 Å². The van der Waals surface area contributed by atoms with E-state index in [2.05, 4.69) is 49.1 Å². The number of nitrogens with zero attached hydrogens (tertiary/aromatic N) is 2. The van der Waals surface area contributed by atoms with Crippen molar-refractivity contribution in [2.75, 3.05) is 26.2 Å². The van der Waals surface area contributed by atoms with Gasteiger partial charge in [-0.25, -0.2) is 0 Å². The Bertz CT molecular complexity index is 1330. The van der Waals surface area contributed by atoms with Crippen molar-refractivity contribution < 1.29 is 19.1 Å². The monoisotopic (exact) mass is 458 g/mol. The molecule has 3 aromatic rings. The molecule has 1 atom stereocenters. The second-order valence-electron chi connectivity index (χ2n) is 9.01. The zero-order valence-electron chi connectivity index (χ0n) is 19.8. The fourth-order valence-corrected chi connectivity index (χ4v) is 5.35. The van der Waals surface area contributed by atoms with Crippen LogP contribution in [0.1, 0.15) is 25.0 Å². The summed E-state index contributed by atoms with van der Waals surface area (Å²) in [6.07, 6.45) is 3.83. The molecule has 34 heavy (non-hydrogen) atoms. The highest BCUT2D eigenvalue weighted by Crippen LogP contribution is 2.58. The van der Waals surface area contributed by atoms with Crippen LogP contribution < -0.4 is 19.1 Å². The minimum absolute atomic E-state index is 0.0898. The highest BCUT2D eigenvalue weighted by atomic mass is 16.6. The van der Waals surface area contributed by atoms with E-state index in [1.54, 1.807) is 6.07 Å². The maximum atomic E-state index is 11.7. The molecule has 0 radical (unpaired) electrons. The van der Waals surface area contributed by atoms with Crippen LogP contribution in [0.4, 0.5) is 11.4 Å². The molecule has 0 N–H and O–H groups in total. The zero-order chi connectivity index (χ0) is 24.3. The summed E-state index contributed by atoms with van der Waals surface area (Å²) in [7, 11) is 4.83. The van der Waals surface area contributed by atoms with Crippen LogP contribution in [0.5, 0.6) is 17.2 Å². The third-order valence-corrected chi connectivity index (χ3v) is 7.09. The average Bonchev–Trinajstić information content (AvgIpc) is 3.01. The number of likely N-dealkylation sites (N-methyl/N-ethyl adjacent to an activating group) is 1.